The van der Waals surface area contributed by atoms with Gasteiger partial charge in [-0.1, -0.05) is 13.3 Å². The van der Waals surface area contributed by atoms with Crippen molar-refractivity contribution >= 4 is 24.8 Å². The first kappa shape index (κ1) is 15.0. The lowest BCUT2D eigenvalue weighted by Crippen LogP contribution is -2.46. The van der Waals surface area contributed by atoms with Crippen molar-refractivity contribution in [2.24, 2.45) is 0 Å². The van der Waals surface area contributed by atoms with Crippen LogP contribution in [0.4, 0.5) is 0 Å². The minimum Gasteiger partial charge on any atom is -0.258 e. The molecule has 1 N–H and O–H groups in total. The lowest BCUT2D eigenvalue weighted by Gasteiger charge is -2.34. The smallest absolute Gasteiger partial charge is 0.0240 e. The summed E-state index contributed by atoms with van der Waals surface area (Å²) < 4.78 is 0. The summed E-state index contributed by atoms with van der Waals surface area (Å²) in [5, 5.41) is 2.36. The van der Waals surface area contributed by atoms with E-state index in [1.165, 1.54) is 32.2 Å². The van der Waals surface area contributed by atoms with E-state index in [2.05, 4.69) is 17.4 Å². The average molecular weight is 215 g/mol. The van der Waals surface area contributed by atoms with Crippen LogP contribution in [0, 0.1) is 0 Å². The molecule has 1 heterocycles. The van der Waals surface area contributed by atoms with Crippen LogP contribution < -0.4 is 5.43 Å². The van der Waals surface area contributed by atoms with Gasteiger partial charge in [0.05, 0.1) is 0 Å². The van der Waals surface area contributed by atoms with E-state index in [4.69, 9.17) is 0 Å². The molecule has 1 rings (SSSR count). The van der Waals surface area contributed by atoms with E-state index < -0.39 is 0 Å². The maximum absolute atomic E-state index is 3.24. The third kappa shape index (κ3) is 3.94. The zero-order chi connectivity index (χ0) is 7.40. The van der Waals surface area contributed by atoms with E-state index >= 15 is 0 Å². The first-order valence-electron chi connectivity index (χ1n) is 4.32. The lowest BCUT2D eigenvalue weighted by molar-refractivity contribution is 0.0956. The summed E-state index contributed by atoms with van der Waals surface area (Å²) in [6.45, 7) is 3.50. The Hall–Kier alpha value is 0.500. The number of hydrogen-bond acceptors (Lipinski definition) is 2. The van der Waals surface area contributed by atoms with Gasteiger partial charge in [-0.3, -0.25) is 5.43 Å². The van der Waals surface area contributed by atoms with Gasteiger partial charge >= 0.3 is 0 Å². The van der Waals surface area contributed by atoms with Crippen LogP contribution in [0.15, 0.2) is 0 Å². The van der Waals surface area contributed by atoms with Gasteiger partial charge in [0.2, 0.25) is 0 Å². The van der Waals surface area contributed by atoms with Crippen LogP contribution in [0.3, 0.4) is 0 Å². The summed E-state index contributed by atoms with van der Waals surface area (Å²) in [4.78, 5) is 0. The first-order valence-corrected chi connectivity index (χ1v) is 4.32. The van der Waals surface area contributed by atoms with E-state index in [9.17, 15) is 0 Å². The van der Waals surface area contributed by atoms with E-state index in [-0.39, 0.29) is 24.8 Å². The van der Waals surface area contributed by atoms with Crippen LogP contribution in [0.1, 0.15) is 32.6 Å². The van der Waals surface area contributed by atoms with Gasteiger partial charge in [-0.25, -0.2) is 5.01 Å². The SMILES string of the molecule is CCC1CCCCN1NC.Cl.Cl. The Morgan fingerprint density at radius 3 is 2.42 bits per heavy atom. The molecule has 0 radical (unpaired) electrons. The molecule has 0 saturated carbocycles. The molecule has 0 aromatic carbocycles. The third-order valence-corrected chi connectivity index (χ3v) is 2.39. The topological polar surface area (TPSA) is 15.3 Å². The molecule has 12 heavy (non-hydrogen) atoms. The molecule has 1 atom stereocenters. The number of nitrogens with zero attached hydrogens (tertiary/aromatic N) is 1. The quantitative estimate of drug-likeness (QED) is 0.759. The van der Waals surface area contributed by atoms with E-state index in [0.29, 0.717) is 0 Å². The summed E-state index contributed by atoms with van der Waals surface area (Å²) in [6.07, 6.45) is 5.42. The molecule has 0 spiro atoms. The number of halogens is 2. The maximum atomic E-state index is 3.24. The summed E-state index contributed by atoms with van der Waals surface area (Å²) in [7, 11) is 2.02. The second-order valence-electron chi connectivity index (χ2n) is 2.97. The molecule has 1 fully saturated rings. The molecular weight excluding hydrogens is 195 g/mol. The highest BCUT2D eigenvalue weighted by atomic mass is 35.5. The van der Waals surface area contributed by atoms with Gasteiger partial charge in [0, 0.05) is 12.6 Å². The van der Waals surface area contributed by atoms with Gasteiger partial charge in [-0.05, 0) is 26.3 Å². The van der Waals surface area contributed by atoms with Gasteiger partial charge in [0.15, 0.2) is 0 Å². The molecule has 0 amide bonds. The highest BCUT2D eigenvalue weighted by molar-refractivity contribution is 5.85. The van der Waals surface area contributed by atoms with Gasteiger partial charge < -0.3 is 0 Å². The second kappa shape index (κ2) is 8.11. The standard InChI is InChI=1S/C8H18N2.2ClH/c1-3-8-6-4-5-7-10(8)9-2;;/h8-9H,3-7H2,1-2H3;2*1H. The molecule has 76 valence electrons. The Morgan fingerprint density at radius 1 is 1.33 bits per heavy atom. The Bertz CT molecular complexity index is 89.1. The van der Waals surface area contributed by atoms with Crippen LogP contribution in [0.2, 0.25) is 0 Å². The molecule has 1 saturated heterocycles. The maximum Gasteiger partial charge on any atom is 0.0240 e. The highest BCUT2D eigenvalue weighted by Gasteiger charge is 2.18. The van der Waals surface area contributed by atoms with Crippen LogP contribution >= 0.6 is 24.8 Å². The molecule has 0 aromatic rings. The number of piperidine rings is 1. The first-order chi connectivity index (χ1) is 4.88. The van der Waals surface area contributed by atoms with E-state index in [1.54, 1.807) is 0 Å². The number of hydrogen-bond donors (Lipinski definition) is 1. The molecule has 0 aliphatic carbocycles. The normalized spacial score (nSPS) is 24.0. The van der Waals surface area contributed by atoms with Crippen LogP contribution in [0.25, 0.3) is 0 Å². The second-order valence-corrected chi connectivity index (χ2v) is 2.97. The largest absolute Gasteiger partial charge is 0.258 e. The molecule has 1 aliphatic heterocycles. The van der Waals surface area contributed by atoms with Gasteiger partial charge in [0.1, 0.15) is 0 Å². The fourth-order valence-corrected chi connectivity index (χ4v) is 1.72. The van der Waals surface area contributed by atoms with Crippen molar-refractivity contribution in [3.63, 3.8) is 0 Å². The average Bonchev–Trinajstić information content (AvgIpc) is 2.04. The molecule has 0 bridgehead atoms. The Labute approximate surface area is 87.9 Å². The van der Waals surface area contributed by atoms with Crippen molar-refractivity contribution < 1.29 is 0 Å². The molecule has 4 heteroatoms. The minimum atomic E-state index is 0. The summed E-state index contributed by atoms with van der Waals surface area (Å²) in [6, 6.07) is 0.791. The van der Waals surface area contributed by atoms with Crippen LogP contribution in [-0.2, 0) is 0 Å². The van der Waals surface area contributed by atoms with Crippen molar-refractivity contribution in [2.45, 2.75) is 38.6 Å². The third-order valence-electron chi connectivity index (χ3n) is 2.39. The van der Waals surface area contributed by atoms with Gasteiger partial charge in [0.25, 0.3) is 0 Å². The van der Waals surface area contributed by atoms with Crippen molar-refractivity contribution in [1.29, 1.82) is 0 Å². The van der Waals surface area contributed by atoms with E-state index in [0.717, 1.165) is 6.04 Å². The number of nitrogens with one attached hydrogen (secondary N) is 1. The zero-order valence-electron chi connectivity index (χ0n) is 7.88. The molecule has 2 nitrogen and oxygen atoms in total. The number of hydrazine groups is 1. The molecule has 1 aliphatic rings. The van der Waals surface area contributed by atoms with Gasteiger partial charge in [-0.2, -0.15) is 0 Å². The van der Waals surface area contributed by atoms with Gasteiger partial charge in [-0.15, -0.1) is 24.8 Å². The molecular formula is C8H20Cl2N2. The number of rotatable bonds is 2. The minimum absolute atomic E-state index is 0. The van der Waals surface area contributed by atoms with Crippen LogP contribution in [0.5, 0.6) is 0 Å². The fourth-order valence-electron chi connectivity index (χ4n) is 1.72. The van der Waals surface area contributed by atoms with Crippen molar-refractivity contribution in [1.82, 2.24) is 10.4 Å². The molecule has 0 aromatic heterocycles. The van der Waals surface area contributed by atoms with Crippen molar-refractivity contribution in [3.05, 3.63) is 0 Å². The van der Waals surface area contributed by atoms with Crippen molar-refractivity contribution in [2.75, 3.05) is 13.6 Å². The Kier molecular flexibility index (Phi) is 10.1. The van der Waals surface area contributed by atoms with E-state index in [1.807, 2.05) is 7.05 Å². The summed E-state index contributed by atoms with van der Waals surface area (Å²) in [5.74, 6) is 0. The zero-order valence-corrected chi connectivity index (χ0v) is 9.51. The highest BCUT2D eigenvalue weighted by Crippen LogP contribution is 2.16. The van der Waals surface area contributed by atoms with Crippen LogP contribution in [-0.4, -0.2) is 24.6 Å². The lowest BCUT2D eigenvalue weighted by atomic mass is 10.0. The predicted octanol–water partition coefficient (Wildman–Crippen LogP) is 2.23. The summed E-state index contributed by atoms with van der Waals surface area (Å²) in [5.41, 5.74) is 3.24. The Morgan fingerprint density at radius 2 is 2.00 bits per heavy atom. The monoisotopic (exact) mass is 214 g/mol. The molecule has 1 unspecified atom stereocenters. The van der Waals surface area contributed by atoms with Crippen molar-refractivity contribution in [3.8, 4) is 0 Å². The Balaban J connectivity index is 0. The predicted molar refractivity (Wildman–Crippen MR) is 58.2 cm³/mol. The summed E-state index contributed by atoms with van der Waals surface area (Å²) >= 11 is 0. The fraction of sp³-hybridized carbons (Fsp3) is 1.00.